The highest BCUT2D eigenvalue weighted by Crippen LogP contribution is 2.32. The molecule has 2 aliphatic rings. The smallest absolute Gasteiger partial charge is 0.234 e. The molecule has 0 spiro atoms. The Morgan fingerprint density at radius 3 is 2.56 bits per heavy atom. The first kappa shape index (κ1) is 17.7. The molecule has 0 radical (unpaired) electrons. The number of amides is 2. The molecule has 6 heteroatoms. The number of nitrogens with one attached hydrogen (secondary N) is 1. The maximum absolute atomic E-state index is 14.6. The van der Waals surface area contributed by atoms with Gasteiger partial charge in [-0.2, -0.15) is 0 Å². The van der Waals surface area contributed by atoms with Crippen LogP contribution in [0.25, 0.3) is 0 Å². The van der Waals surface area contributed by atoms with E-state index < -0.39 is 5.92 Å². The largest absolute Gasteiger partial charge is 0.299 e. The maximum atomic E-state index is 14.6. The fraction of sp³-hybridized carbons (Fsp3) is 0.526. The lowest BCUT2D eigenvalue weighted by atomic mass is 9.85. The van der Waals surface area contributed by atoms with Crippen LogP contribution in [0.2, 0.25) is 0 Å². The molecule has 3 rings (SSSR count). The van der Waals surface area contributed by atoms with Crippen LogP contribution in [-0.2, 0) is 14.4 Å². The molecule has 2 aliphatic heterocycles. The number of benzene rings is 1. The zero-order valence-electron chi connectivity index (χ0n) is 14.4. The summed E-state index contributed by atoms with van der Waals surface area (Å²) in [5, 5.41) is 2.31. The summed E-state index contributed by atoms with van der Waals surface area (Å²) in [5.74, 6) is -1.07. The summed E-state index contributed by atoms with van der Waals surface area (Å²) in [5.41, 5.74) is 1.30. The second kappa shape index (κ2) is 7.44. The van der Waals surface area contributed by atoms with Gasteiger partial charge in [0.2, 0.25) is 11.8 Å². The summed E-state index contributed by atoms with van der Waals surface area (Å²) in [4.78, 5) is 36.5. The van der Waals surface area contributed by atoms with Gasteiger partial charge in [0.1, 0.15) is 11.6 Å². The number of carbonyl (C=O) groups is 3. The monoisotopic (exact) mass is 346 g/mol. The fourth-order valence-electron chi connectivity index (χ4n) is 3.82. The van der Waals surface area contributed by atoms with Crippen molar-refractivity contribution < 1.29 is 18.8 Å². The van der Waals surface area contributed by atoms with E-state index in [1.165, 1.54) is 6.07 Å². The van der Waals surface area contributed by atoms with Gasteiger partial charge < -0.3 is 0 Å². The van der Waals surface area contributed by atoms with Gasteiger partial charge in [-0.15, -0.1) is 0 Å². The second-order valence-electron chi connectivity index (χ2n) is 7.04. The summed E-state index contributed by atoms with van der Waals surface area (Å²) in [6, 6.07) is 5.03. The normalized spacial score (nSPS) is 22.7. The zero-order valence-corrected chi connectivity index (χ0v) is 14.4. The zero-order chi connectivity index (χ0) is 18.0. The molecule has 1 N–H and O–H groups in total. The second-order valence-corrected chi connectivity index (χ2v) is 7.04. The van der Waals surface area contributed by atoms with Gasteiger partial charge in [0.05, 0.1) is 12.5 Å². The predicted octanol–water partition coefficient (Wildman–Crippen LogP) is 2.11. The molecule has 1 aromatic rings. The van der Waals surface area contributed by atoms with E-state index in [4.69, 9.17) is 0 Å². The van der Waals surface area contributed by atoms with Crippen molar-refractivity contribution in [1.29, 1.82) is 0 Å². The number of piperidine rings is 2. The number of likely N-dealkylation sites (tertiary alicyclic amines) is 1. The Labute approximate surface area is 146 Å². The van der Waals surface area contributed by atoms with E-state index in [1.807, 2.05) is 0 Å². The van der Waals surface area contributed by atoms with Crippen LogP contribution in [0.5, 0.6) is 0 Å². The highest BCUT2D eigenvalue weighted by atomic mass is 19.1. The lowest BCUT2D eigenvalue weighted by molar-refractivity contribution is -0.134. The third kappa shape index (κ3) is 4.12. The van der Waals surface area contributed by atoms with E-state index in [0.29, 0.717) is 24.1 Å². The van der Waals surface area contributed by atoms with Gasteiger partial charge in [-0.05, 0) is 62.4 Å². The summed E-state index contributed by atoms with van der Waals surface area (Å²) in [6.45, 7) is 3.63. The van der Waals surface area contributed by atoms with Crippen LogP contribution in [0.1, 0.15) is 55.6 Å². The van der Waals surface area contributed by atoms with Crippen molar-refractivity contribution in [3.8, 4) is 0 Å². The van der Waals surface area contributed by atoms with Crippen LogP contribution < -0.4 is 5.32 Å². The van der Waals surface area contributed by atoms with E-state index >= 15 is 0 Å². The molecule has 5 nitrogen and oxygen atoms in total. The lowest BCUT2D eigenvalue weighted by Gasteiger charge is -2.31. The first-order chi connectivity index (χ1) is 11.9. The molecule has 2 saturated heterocycles. The number of hydrogen-bond donors (Lipinski definition) is 1. The molecule has 1 aromatic carbocycles. The first-order valence-corrected chi connectivity index (χ1v) is 8.79. The third-order valence-corrected chi connectivity index (χ3v) is 5.14. The average molecular weight is 346 g/mol. The van der Waals surface area contributed by atoms with Crippen LogP contribution in [0.15, 0.2) is 18.2 Å². The molecule has 2 amide bonds. The average Bonchev–Trinajstić information content (AvgIpc) is 2.55. The third-order valence-electron chi connectivity index (χ3n) is 5.14. The van der Waals surface area contributed by atoms with E-state index in [-0.39, 0.29) is 35.8 Å². The van der Waals surface area contributed by atoms with Crippen LogP contribution in [0, 0.1) is 5.82 Å². The van der Waals surface area contributed by atoms with Crippen LogP contribution >= 0.6 is 0 Å². The van der Waals surface area contributed by atoms with E-state index in [0.717, 1.165) is 25.9 Å². The molecule has 0 aromatic heterocycles. The van der Waals surface area contributed by atoms with Crippen LogP contribution in [0.3, 0.4) is 0 Å². The Hall–Kier alpha value is -2.08. The molecule has 134 valence electrons. The Morgan fingerprint density at radius 2 is 1.96 bits per heavy atom. The highest BCUT2D eigenvalue weighted by Gasteiger charge is 2.29. The van der Waals surface area contributed by atoms with Gasteiger partial charge in [-0.1, -0.05) is 12.1 Å². The van der Waals surface area contributed by atoms with E-state index in [2.05, 4.69) is 10.2 Å². The minimum atomic E-state index is -0.460. The Bertz CT molecular complexity index is 696. The predicted molar refractivity (Wildman–Crippen MR) is 90.6 cm³/mol. The Balaban J connectivity index is 1.68. The van der Waals surface area contributed by atoms with Gasteiger partial charge in [-0.3, -0.25) is 24.6 Å². The Kier molecular flexibility index (Phi) is 5.27. The quantitative estimate of drug-likeness (QED) is 0.848. The number of Topliss-reactive ketones (excluding diaryl/α,β-unsaturated/α-hetero) is 1. The minimum absolute atomic E-state index is 0.138. The van der Waals surface area contributed by atoms with Crippen LogP contribution in [-0.4, -0.2) is 42.1 Å². The number of ketones is 1. The fourth-order valence-corrected chi connectivity index (χ4v) is 3.82. The van der Waals surface area contributed by atoms with Gasteiger partial charge in [0, 0.05) is 6.42 Å². The summed E-state index contributed by atoms with van der Waals surface area (Å²) >= 11 is 0. The summed E-state index contributed by atoms with van der Waals surface area (Å²) in [6.07, 6.45) is 2.35. The molecule has 0 bridgehead atoms. The molecule has 2 heterocycles. The number of rotatable bonds is 4. The molecule has 1 atom stereocenters. The topological polar surface area (TPSA) is 66.5 Å². The van der Waals surface area contributed by atoms with Crippen molar-refractivity contribution in [3.05, 3.63) is 35.1 Å². The van der Waals surface area contributed by atoms with Crippen molar-refractivity contribution in [1.82, 2.24) is 10.2 Å². The lowest BCUT2D eigenvalue weighted by Crippen LogP contribution is -2.39. The summed E-state index contributed by atoms with van der Waals surface area (Å²) in [7, 11) is 0. The van der Waals surface area contributed by atoms with E-state index in [1.54, 1.807) is 19.1 Å². The molecule has 2 fully saturated rings. The standard InChI is InChI=1S/C19H23FN2O3/c1-12(23)11-22-8-6-13(7-9-22)15-3-2-14(10-17(15)20)16-4-5-18(24)21-19(16)25/h2-3,10,13,16H,4-9,11H2,1H3,(H,21,24,25). The van der Waals surface area contributed by atoms with Crippen molar-refractivity contribution in [2.75, 3.05) is 19.6 Å². The van der Waals surface area contributed by atoms with Crippen molar-refractivity contribution in [2.45, 2.75) is 44.4 Å². The van der Waals surface area contributed by atoms with Gasteiger partial charge in [0.25, 0.3) is 0 Å². The molecular weight excluding hydrogens is 323 g/mol. The van der Waals surface area contributed by atoms with E-state index in [9.17, 15) is 18.8 Å². The van der Waals surface area contributed by atoms with Gasteiger partial charge in [-0.25, -0.2) is 4.39 Å². The SMILES string of the molecule is CC(=O)CN1CCC(c2ccc(C3CCC(=O)NC3=O)cc2F)CC1. The number of carbonyl (C=O) groups excluding carboxylic acids is 3. The first-order valence-electron chi connectivity index (χ1n) is 8.79. The van der Waals surface area contributed by atoms with Gasteiger partial charge in [0.15, 0.2) is 0 Å². The molecular formula is C19H23FN2O3. The minimum Gasteiger partial charge on any atom is -0.299 e. The Morgan fingerprint density at radius 1 is 1.24 bits per heavy atom. The number of imide groups is 1. The molecule has 0 saturated carbocycles. The number of hydrogen-bond acceptors (Lipinski definition) is 4. The summed E-state index contributed by atoms with van der Waals surface area (Å²) < 4.78 is 14.6. The van der Waals surface area contributed by atoms with Gasteiger partial charge >= 0.3 is 0 Å². The molecule has 25 heavy (non-hydrogen) atoms. The van der Waals surface area contributed by atoms with Crippen LogP contribution in [0.4, 0.5) is 4.39 Å². The number of halogens is 1. The van der Waals surface area contributed by atoms with Crippen molar-refractivity contribution in [2.24, 2.45) is 0 Å². The highest BCUT2D eigenvalue weighted by molar-refractivity contribution is 6.00. The molecule has 1 unspecified atom stereocenters. The number of nitrogens with zero attached hydrogens (tertiary/aromatic N) is 1. The van der Waals surface area contributed by atoms with Crippen molar-refractivity contribution >= 4 is 17.6 Å². The molecule has 0 aliphatic carbocycles. The maximum Gasteiger partial charge on any atom is 0.234 e. The van der Waals surface area contributed by atoms with Crippen molar-refractivity contribution in [3.63, 3.8) is 0 Å².